The first kappa shape index (κ1) is 13.6. The molecule has 0 bridgehead atoms. The zero-order chi connectivity index (χ0) is 13.1. The van der Waals surface area contributed by atoms with E-state index in [1.165, 1.54) is 6.07 Å². The van der Waals surface area contributed by atoms with Crippen molar-refractivity contribution in [1.82, 2.24) is 4.72 Å². The topological polar surface area (TPSA) is 115 Å². The van der Waals surface area contributed by atoms with Gasteiger partial charge in [-0.2, -0.15) is 0 Å². The van der Waals surface area contributed by atoms with E-state index in [0.717, 1.165) is 5.56 Å². The van der Waals surface area contributed by atoms with Crippen molar-refractivity contribution in [1.29, 1.82) is 0 Å². The molecule has 0 aliphatic heterocycles. The van der Waals surface area contributed by atoms with Crippen molar-refractivity contribution in [2.24, 2.45) is 11.5 Å². The summed E-state index contributed by atoms with van der Waals surface area (Å²) in [5.74, 6) is -0.732. The molecule has 0 unspecified atom stereocenters. The highest BCUT2D eigenvalue weighted by Crippen LogP contribution is 2.16. The first-order valence-electron chi connectivity index (χ1n) is 4.94. The lowest BCUT2D eigenvalue weighted by molar-refractivity contribution is -0.116. The van der Waals surface area contributed by atoms with E-state index in [-0.39, 0.29) is 4.90 Å². The van der Waals surface area contributed by atoms with E-state index in [2.05, 4.69) is 4.72 Å². The molecule has 0 aliphatic carbocycles. The molecule has 1 aromatic carbocycles. The minimum Gasteiger partial charge on any atom is -0.369 e. The predicted octanol–water partition coefficient (Wildman–Crippen LogP) is -0.783. The Kier molecular flexibility index (Phi) is 4.22. The molecule has 0 radical (unpaired) electrons. The van der Waals surface area contributed by atoms with Crippen molar-refractivity contribution in [3.05, 3.63) is 29.3 Å². The van der Waals surface area contributed by atoms with Crippen LogP contribution in [0.25, 0.3) is 0 Å². The van der Waals surface area contributed by atoms with E-state index in [4.69, 9.17) is 11.5 Å². The van der Waals surface area contributed by atoms with Crippen molar-refractivity contribution < 1.29 is 13.2 Å². The Morgan fingerprint density at radius 3 is 2.53 bits per heavy atom. The molecule has 1 rings (SSSR count). The number of carbonyl (C=O) groups is 1. The van der Waals surface area contributed by atoms with Gasteiger partial charge in [0.15, 0.2) is 0 Å². The Balaban J connectivity index is 3.03. The maximum atomic E-state index is 11.8. The summed E-state index contributed by atoms with van der Waals surface area (Å²) in [7, 11) is -3.70. The van der Waals surface area contributed by atoms with Gasteiger partial charge in [0.05, 0.1) is 11.4 Å². The molecule has 0 aromatic heterocycles. The lowest BCUT2D eigenvalue weighted by atomic mass is 10.1. The Labute approximate surface area is 100 Å². The summed E-state index contributed by atoms with van der Waals surface area (Å²) in [5.41, 5.74) is 11.7. The van der Waals surface area contributed by atoms with Gasteiger partial charge in [-0.25, -0.2) is 13.1 Å². The fraction of sp³-hybridized carbons (Fsp3) is 0.300. The first-order chi connectivity index (χ1) is 7.86. The predicted molar refractivity (Wildman–Crippen MR) is 63.5 cm³/mol. The van der Waals surface area contributed by atoms with Gasteiger partial charge in [0.1, 0.15) is 0 Å². The van der Waals surface area contributed by atoms with Gasteiger partial charge in [0, 0.05) is 6.54 Å². The molecule has 0 fully saturated rings. The molecule has 7 heteroatoms. The number of hydrogen-bond acceptors (Lipinski definition) is 4. The smallest absolute Gasteiger partial charge is 0.241 e. The number of nitrogens with two attached hydrogens (primary N) is 2. The fourth-order valence-corrected chi connectivity index (χ4v) is 2.60. The van der Waals surface area contributed by atoms with Gasteiger partial charge in [-0.1, -0.05) is 12.1 Å². The van der Waals surface area contributed by atoms with Gasteiger partial charge in [-0.05, 0) is 24.1 Å². The van der Waals surface area contributed by atoms with Gasteiger partial charge < -0.3 is 11.5 Å². The van der Waals surface area contributed by atoms with Gasteiger partial charge in [0.2, 0.25) is 15.9 Å². The SMILES string of the molecule is Cc1cc(CN)ccc1S(=O)(=O)NCC(N)=O. The Hall–Kier alpha value is -1.44. The van der Waals surface area contributed by atoms with Crippen LogP contribution >= 0.6 is 0 Å². The summed E-state index contributed by atoms with van der Waals surface area (Å²) >= 11 is 0. The van der Waals surface area contributed by atoms with Gasteiger partial charge in [-0.15, -0.1) is 0 Å². The standard InChI is InChI=1S/C10H15N3O3S/c1-7-4-8(5-11)2-3-9(7)17(15,16)13-6-10(12)14/h2-4,13H,5-6,11H2,1H3,(H2,12,14). The summed E-state index contributed by atoms with van der Waals surface area (Å²) in [6.45, 7) is 1.59. The molecule has 1 aromatic rings. The van der Waals surface area contributed by atoms with Crippen molar-refractivity contribution in [2.75, 3.05) is 6.54 Å². The van der Waals surface area contributed by atoms with Crippen LogP contribution in [0.1, 0.15) is 11.1 Å². The number of sulfonamides is 1. The number of hydrogen-bond donors (Lipinski definition) is 3. The maximum Gasteiger partial charge on any atom is 0.241 e. The molecule has 0 saturated carbocycles. The van der Waals surface area contributed by atoms with Crippen LogP contribution < -0.4 is 16.2 Å². The molecule has 0 saturated heterocycles. The summed E-state index contributed by atoms with van der Waals surface area (Å²) in [5, 5.41) is 0. The molecular weight excluding hydrogens is 242 g/mol. The molecule has 0 spiro atoms. The number of benzene rings is 1. The van der Waals surface area contributed by atoms with Crippen LogP contribution in [0.2, 0.25) is 0 Å². The van der Waals surface area contributed by atoms with E-state index in [0.29, 0.717) is 12.1 Å². The number of aryl methyl sites for hydroxylation is 1. The van der Waals surface area contributed by atoms with Crippen LogP contribution in [0.4, 0.5) is 0 Å². The van der Waals surface area contributed by atoms with E-state index in [1.54, 1.807) is 19.1 Å². The molecular formula is C10H15N3O3S. The van der Waals surface area contributed by atoms with Crippen molar-refractivity contribution in [3.8, 4) is 0 Å². The van der Waals surface area contributed by atoms with E-state index in [1.807, 2.05) is 0 Å². The van der Waals surface area contributed by atoms with E-state index in [9.17, 15) is 13.2 Å². The molecule has 0 atom stereocenters. The third-order valence-electron chi connectivity index (χ3n) is 2.20. The Bertz CT molecular complexity index is 526. The molecule has 1 amide bonds. The van der Waals surface area contributed by atoms with E-state index < -0.39 is 22.5 Å². The number of carbonyl (C=O) groups excluding carboxylic acids is 1. The van der Waals surface area contributed by atoms with Crippen LogP contribution in [-0.4, -0.2) is 20.9 Å². The molecule has 0 aliphatic rings. The summed E-state index contributed by atoms with van der Waals surface area (Å²) in [4.78, 5) is 10.7. The second-order valence-corrected chi connectivity index (χ2v) is 5.33. The fourth-order valence-electron chi connectivity index (χ4n) is 1.38. The monoisotopic (exact) mass is 257 g/mol. The van der Waals surface area contributed by atoms with Crippen LogP contribution in [0.5, 0.6) is 0 Å². The highest BCUT2D eigenvalue weighted by atomic mass is 32.2. The van der Waals surface area contributed by atoms with Crippen LogP contribution in [0.15, 0.2) is 23.1 Å². The third kappa shape index (κ3) is 3.52. The van der Waals surface area contributed by atoms with Crippen molar-refractivity contribution in [3.63, 3.8) is 0 Å². The van der Waals surface area contributed by atoms with E-state index >= 15 is 0 Å². The Morgan fingerprint density at radius 1 is 1.41 bits per heavy atom. The highest BCUT2D eigenvalue weighted by molar-refractivity contribution is 7.89. The third-order valence-corrected chi connectivity index (χ3v) is 3.76. The average molecular weight is 257 g/mol. The van der Waals surface area contributed by atoms with Crippen molar-refractivity contribution >= 4 is 15.9 Å². The summed E-state index contributed by atoms with van der Waals surface area (Å²) in [6.07, 6.45) is 0. The van der Waals surface area contributed by atoms with Crippen molar-refractivity contribution in [2.45, 2.75) is 18.4 Å². The molecule has 5 N–H and O–H groups in total. The molecule has 17 heavy (non-hydrogen) atoms. The Morgan fingerprint density at radius 2 is 2.06 bits per heavy atom. The lowest BCUT2D eigenvalue weighted by Crippen LogP contribution is -2.33. The minimum absolute atomic E-state index is 0.121. The second kappa shape index (κ2) is 5.26. The summed E-state index contributed by atoms with van der Waals surface area (Å²) in [6, 6.07) is 4.78. The molecule has 6 nitrogen and oxygen atoms in total. The first-order valence-corrected chi connectivity index (χ1v) is 6.42. The minimum atomic E-state index is -3.70. The van der Waals surface area contributed by atoms with Gasteiger partial charge >= 0.3 is 0 Å². The normalized spacial score (nSPS) is 11.4. The number of nitrogens with one attached hydrogen (secondary N) is 1. The van der Waals surface area contributed by atoms with Crippen LogP contribution in [-0.2, 0) is 21.4 Å². The van der Waals surface area contributed by atoms with Gasteiger partial charge in [-0.3, -0.25) is 4.79 Å². The number of amides is 1. The zero-order valence-electron chi connectivity index (χ0n) is 9.43. The molecule has 94 valence electrons. The zero-order valence-corrected chi connectivity index (χ0v) is 10.3. The second-order valence-electron chi connectivity index (χ2n) is 3.59. The highest BCUT2D eigenvalue weighted by Gasteiger charge is 2.17. The largest absolute Gasteiger partial charge is 0.369 e. The van der Waals surface area contributed by atoms with Crippen LogP contribution in [0.3, 0.4) is 0 Å². The molecule has 0 heterocycles. The average Bonchev–Trinajstić information content (AvgIpc) is 2.26. The lowest BCUT2D eigenvalue weighted by Gasteiger charge is -2.09. The number of primary amides is 1. The van der Waals surface area contributed by atoms with Gasteiger partial charge in [0.25, 0.3) is 0 Å². The number of rotatable bonds is 5. The maximum absolute atomic E-state index is 11.8. The quantitative estimate of drug-likeness (QED) is 0.641. The summed E-state index contributed by atoms with van der Waals surface area (Å²) < 4.78 is 25.7. The van der Waals surface area contributed by atoms with Crippen LogP contribution in [0, 0.1) is 6.92 Å².